The van der Waals surface area contributed by atoms with Gasteiger partial charge in [0.05, 0.1) is 11.8 Å². The molecule has 2 aromatic carbocycles. The molecule has 0 aromatic heterocycles. The third-order valence-corrected chi connectivity index (χ3v) is 6.54. The summed E-state index contributed by atoms with van der Waals surface area (Å²) in [5, 5.41) is 8.11. The van der Waals surface area contributed by atoms with Crippen molar-refractivity contribution in [3.05, 3.63) is 75.3 Å². The molecular weight excluding hydrogens is 427 g/mol. The average Bonchev–Trinajstić information content (AvgIpc) is 3.08. The smallest absolute Gasteiger partial charge is 0.248 e. The number of allylic oxidation sites excluding steroid dienone is 1. The molecule has 0 saturated heterocycles. The first-order valence-electron chi connectivity index (χ1n) is 10.8. The highest BCUT2D eigenvalue weighted by Gasteiger charge is 2.47. The molecule has 1 aliphatic heterocycles. The van der Waals surface area contributed by atoms with Crippen molar-refractivity contribution < 1.29 is 4.79 Å². The highest BCUT2D eigenvalue weighted by Crippen LogP contribution is 2.47. The first kappa shape index (κ1) is 22.1. The molecular formula is C26H28Cl2N2O. The number of carbonyl (C=O) groups excluding carboxylic acids is 1. The second-order valence-electron chi connectivity index (χ2n) is 9.75. The fraction of sp³-hybridized carbons (Fsp3) is 0.385. The summed E-state index contributed by atoms with van der Waals surface area (Å²) in [6.45, 7) is 8.12. The van der Waals surface area contributed by atoms with Crippen molar-refractivity contribution >= 4 is 40.9 Å². The number of amides is 1. The van der Waals surface area contributed by atoms with Crippen LogP contribution in [-0.4, -0.2) is 16.6 Å². The minimum atomic E-state index is -0.520. The lowest BCUT2D eigenvalue weighted by molar-refractivity contribution is -0.142. The summed E-state index contributed by atoms with van der Waals surface area (Å²) in [5.74, 6) is 0.699. The fourth-order valence-corrected chi connectivity index (χ4v) is 4.81. The van der Waals surface area contributed by atoms with Gasteiger partial charge in [0.2, 0.25) is 5.91 Å². The van der Waals surface area contributed by atoms with Crippen LogP contribution in [0.1, 0.15) is 57.7 Å². The Morgan fingerprint density at radius 1 is 1.03 bits per heavy atom. The lowest BCUT2D eigenvalue weighted by Crippen LogP contribution is -2.38. The van der Waals surface area contributed by atoms with E-state index in [1.54, 1.807) is 5.01 Å². The van der Waals surface area contributed by atoms with Gasteiger partial charge in [0, 0.05) is 21.4 Å². The summed E-state index contributed by atoms with van der Waals surface area (Å²) in [4.78, 5) is 13.4. The molecule has 1 aliphatic carbocycles. The minimum absolute atomic E-state index is 0.0350. The Kier molecular flexibility index (Phi) is 6.02. The van der Waals surface area contributed by atoms with Crippen LogP contribution in [0.4, 0.5) is 0 Å². The van der Waals surface area contributed by atoms with E-state index in [1.165, 1.54) is 5.57 Å². The Balaban J connectivity index is 1.80. The molecule has 5 heteroatoms. The third kappa shape index (κ3) is 4.58. The molecule has 0 bridgehead atoms. The van der Waals surface area contributed by atoms with Gasteiger partial charge in [-0.2, -0.15) is 5.10 Å². The maximum Gasteiger partial charge on any atom is 0.248 e. The standard InChI is InChI=1S/C26H28Cl2N2O/c1-16-13-19(15-17-5-9-20(27)10-6-17)23-22(14-16)24(18-7-11-21(28)12-8-18)30(29-23)25(31)26(2,3)4/h5-12,15-16,22,24H,13-14H2,1-4H3/b19-15+/t16-,22-,24+/m1/s1. The SMILES string of the molecule is C[C@@H]1C/C(=C\c2ccc(Cl)cc2)C2=NN(C(=O)C(C)(C)C)[C@@H](c3ccc(Cl)cc3)[C@@H]2C1. The van der Waals surface area contributed by atoms with Crippen molar-refractivity contribution in [3.8, 4) is 0 Å². The number of hydrazone groups is 1. The molecule has 0 radical (unpaired) electrons. The molecule has 4 rings (SSSR count). The Labute approximate surface area is 194 Å². The van der Waals surface area contributed by atoms with E-state index in [0.717, 1.165) is 34.7 Å². The van der Waals surface area contributed by atoms with Crippen LogP contribution < -0.4 is 0 Å². The van der Waals surface area contributed by atoms with E-state index in [-0.39, 0.29) is 17.9 Å². The van der Waals surface area contributed by atoms with Gasteiger partial charge in [0.1, 0.15) is 0 Å². The van der Waals surface area contributed by atoms with Crippen LogP contribution in [0, 0.1) is 17.3 Å². The van der Waals surface area contributed by atoms with E-state index in [4.69, 9.17) is 28.3 Å². The molecule has 1 heterocycles. The minimum Gasteiger partial charge on any atom is -0.272 e. The highest BCUT2D eigenvalue weighted by molar-refractivity contribution is 6.30. The number of halogens is 2. The molecule has 0 unspecified atom stereocenters. The number of benzene rings is 2. The maximum atomic E-state index is 13.4. The molecule has 2 aromatic rings. The van der Waals surface area contributed by atoms with Crippen molar-refractivity contribution in [1.29, 1.82) is 0 Å². The van der Waals surface area contributed by atoms with Crippen molar-refractivity contribution in [2.45, 2.75) is 46.6 Å². The number of hydrogen-bond donors (Lipinski definition) is 0. The quantitative estimate of drug-likeness (QED) is 0.464. The molecule has 3 nitrogen and oxygen atoms in total. The lowest BCUT2D eigenvalue weighted by Gasteiger charge is -2.34. The number of carbonyl (C=O) groups is 1. The first-order valence-corrected chi connectivity index (χ1v) is 11.5. The fourth-order valence-electron chi connectivity index (χ4n) is 4.55. The largest absolute Gasteiger partial charge is 0.272 e. The number of rotatable bonds is 2. The summed E-state index contributed by atoms with van der Waals surface area (Å²) in [7, 11) is 0. The summed E-state index contributed by atoms with van der Waals surface area (Å²) in [6, 6.07) is 15.6. The van der Waals surface area contributed by atoms with E-state index in [9.17, 15) is 4.79 Å². The Hall–Kier alpha value is -2.10. The lowest BCUT2D eigenvalue weighted by atomic mass is 9.73. The third-order valence-electron chi connectivity index (χ3n) is 6.04. The van der Waals surface area contributed by atoms with E-state index in [2.05, 4.69) is 13.0 Å². The molecule has 162 valence electrons. The average molecular weight is 455 g/mol. The summed E-state index contributed by atoms with van der Waals surface area (Å²) in [5.41, 5.74) is 3.89. The number of nitrogens with zero attached hydrogens (tertiary/aromatic N) is 2. The Bertz CT molecular complexity index is 1030. The van der Waals surface area contributed by atoms with Gasteiger partial charge >= 0.3 is 0 Å². The highest BCUT2D eigenvalue weighted by atomic mass is 35.5. The van der Waals surface area contributed by atoms with Crippen molar-refractivity contribution in [2.24, 2.45) is 22.4 Å². The zero-order valence-corrected chi connectivity index (χ0v) is 19.9. The predicted octanol–water partition coefficient (Wildman–Crippen LogP) is 7.41. The van der Waals surface area contributed by atoms with Gasteiger partial charge in [-0.25, -0.2) is 5.01 Å². The van der Waals surface area contributed by atoms with E-state index >= 15 is 0 Å². The summed E-state index contributed by atoms with van der Waals surface area (Å²) >= 11 is 12.2. The molecule has 2 aliphatic rings. The summed E-state index contributed by atoms with van der Waals surface area (Å²) in [6.07, 6.45) is 4.14. The topological polar surface area (TPSA) is 32.7 Å². The van der Waals surface area contributed by atoms with Crippen molar-refractivity contribution in [2.75, 3.05) is 0 Å². The zero-order valence-electron chi connectivity index (χ0n) is 18.4. The van der Waals surface area contributed by atoms with E-state index < -0.39 is 5.41 Å². The molecule has 0 N–H and O–H groups in total. The predicted molar refractivity (Wildman–Crippen MR) is 129 cm³/mol. The Morgan fingerprint density at radius 3 is 2.19 bits per heavy atom. The maximum absolute atomic E-state index is 13.4. The zero-order chi connectivity index (χ0) is 22.3. The van der Waals surface area contributed by atoms with Crippen LogP contribution in [-0.2, 0) is 4.79 Å². The van der Waals surface area contributed by atoms with Crippen LogP contribution >= 0.6 is 23.2 Å². The van der Waals surface area contributed by atoms with Crippen LogP contribution in [0.3, 0.4) is 0 Å². The van der Waals surface area contributed by atoms with Crippen LogP contribution in [0.25, 0.3) is 6.08 Å². The van der Waals surface area contributed by atoms with Crippen molar-refractivity contribution in [3.63, 3.8) is 0 Å². The second kappa shape index (κ2) is 8.44. The molecule has 31 heavy (non-hydrogen) atoms. The number of fused-ring (bicyclic) bond motifs is 1. The van der Waals surface area contributed by atoms with Gasteiger partial charge in [-0.3, -0.25) is 4.79 Å². The molecule has 3 atom stereocenters. The number of hydrogen-bond acceptors (Lipinski definition) is 2. The second-order valence-corrected chi connectivity index (χ2v) is 10.6. The van der Waals surface area contributed by atoms with Gasteiger partial charge < -0.3 is 0 Å². The Morgan fingerprint density at radius 2 is 1.61 bits per heavy atom. The molecule has 1 amide bonds. The van der Waals surface area contributed by atoms with Crippen LogP contribution in [0.2, 0.25) is 10.0 Å². The van der Waals surface area contributed by atoms with Gasteiger partial charge in [0.25, 0.3) is 0 Å². The van der Waals surface area contributed by atoms with Gasteiger partial charge in [-0.15, -0.1) is 0 Å². The first-order chi connectivity index (χ1) is 14.6. The van der Waals surface area contributed by atoms with Gasteiger partial charge in [0.15, 0.2) is 0 Å². The molecule has 1 saturated carbocycles. The molecule has 0 spiro atoms. The van der Waals surface area contributed by atoms with E-state index in [1.807, 2.05) is 69.3 Å². The normalized spacial score (nSPS) is 24.8. The molecule has 1 fully saturated rings. The van der Waals surface area contributed by atoms with Crippen LogP contribution in [0.15, 0.2) is 59.2 Å². The summed E-state index contributed by atoms with van der Waals surface area (Å²) < 4.78 is 0. The van der Waals surface area contributed by atoms with Crippen LogP contribution in [0.5, 0.6) is 0 Å². The van der Waals surface area contributed by atoms with E-state index in [0.29, 0.717) is 10.9 Å². The monoisotopic (exact) mass is 454 g/mol. The van der Waals surface area contributed by atoms with Gasteiger partial charge in [-0.1, -0.05) is 75.2 Å². The van der Waals surface area contributed by atoms with Gasteiger partial charge in [-0.05, 0) is 65.8 Å². The van der Waals surface area contributed by atoms with Crippen molar-refractivity contribution in [1.82, 2.24) is 5.01 Å².